The molecule has 0 unspecified atom stereocenters. The van der Waals surface area contributed by atoms with Gasteiger partial charge in [-0.2, -0.15) is 0 Å². The fourth-order valence-corrected chi connectivity index (χ4v) is 2.48. The summed E-state index contributed by atoms with van der Waals surface area (Å²) in [5.74, 6) is -1.36. The number of halogens is 2. The van der Waals surface area contributed by atoms with Crippen molar-refractivity contribution in [3.05, 3.63) is 34.1 Å². The molecule has 0 saturated carbocycles. The van der Waals surface area contributed by atoms with Crippen LogP contribution in [0, 0.1) is 15.9 Å². The van der Waals surface area contributed by atoms with E-state index in [0.29, 0.717) is 0 Å². The molecule has 9 heteroatoms. The van der Waals surface area contributed by atoms with Crippen LogP contribution in [0.25, 0.3) is 0 Å². The summed E-state index contributed by atoms with van der Waals surface area (Å²) in [6, 6.07) is 2.50. The van der Waals surface area contributed by atoms with E-state index in [2.05, 4.69) is 0 Å². The van der Waals surface area contributed by atoms with E-state index in [1.165, 1.54) is 0 Å². The molecule has 0 radical (unpaired) electrons. The van der Waals surface area contributed by atoms with Gasteiger partial charge in [-0.1, -0.05) is 0 Å². The van der Waals surface area contributed by atoms with Crippen LogP contribution in [0.4, 0.5) is 15.8 Å². The van der Waals surface area contributed by atoms with Gasteiger partial charge in [0.1, 0.15) is 11.5 Å². The van der Waals surface area contributed by atoms with Gasteiger partial charge >= 0.3 is 0 Å². The highest BCUT2D eigenvalue weighted by molar-refractivity contribution is 7.92. The molecule has 1 rings (SSSR count). The third-order valence-corrected chi connectivity index (χ3v) is 3.45. The number of sulfonamides is 1. The molecule has 0 aliphatic rings. The molecule has 94 valence electrons. The van der Waals surface area contributed by atoms with Gasteiger partial charge in [0.15, 0.2) is 0 Å². The van der Waals surface area contributed by atoms with Gasteiger partial charge in [0.2, 0.25) is 10.0 Å². The molecular weight excluding hydrogens is 275 g/mol. The average molecular weight is 283 g/mol. The van der Waals surface area contributed by atoms with E-state index in [0.717, 1.165) is 18.2 Å². The quantitative estimate of drug-likeness (QED) is 0.506. The summed E-state index contributed by atoms with van der Waals surface area (Å²) in [6.45, 7) is 0. The van der Waals surface area contributed by atoms with Gasteiger partial charge in [0, 0.05) is 18.0 Å². The Morgan fingerprint density at radius 3 is 2.65 bits per heavy atom. The molecule has 6 nitrogen and oxygen atoms in total. The maximum absolute atomic E-state index is 12.9. The highest BCUT2D eigenvalue weighted by Gasteiger charge is 2.19. The van der Waals surface area contributed by atoms with Crippen LogP contribution in [0.5, 0.6) is 0 Å². The molecule has 0 fully saturated rings. The minimum atomic E-state index is -3.81. The van der Waals surface area contributed by atoms with E-state index in [1.807, 2.05) is 4.72 Å². The van der Waals surface area contributed by atoms with Crippen molar-refractivity contribution in [2.75, 3.05) is 16.4 Å². The molecule has 0 heterocycles. The number of alkyl halides is 1. The Morgan fingerprint density at radius 2 is 2.12 bits per heavy atom. The zero-order valence-electron chi connectivity index (χ0n) is 8.39. The first-order chi connectivity index (χ1) is 7.85. The lowest BCUT2D eigenvalue weighted by Crippen LogP contribution is -2.18. The lowest BCUT2D eigenvalue weighted by molar-refractivity contribution is -0.383. The summed E-state index contributed by atoms with van der Waals surface area (Å²) >= 11 is 5.26. The van der Waals surface area contributed by atoms with Crippen LogP contribution < -0.4 is 4.72 Å². The van der Waals surface area contributed by atoms with Crippen LogP contribution in [0.3, 0.4) is 0 Å². The van der Waals surface area contributed by atoms with Crippen molar-refractivity contribution in [1.29, 1.82) is 0 Å². The van der Waals surface area contributed by atoms with Crippen molar-refractivity contribution in [1.82, 2.24) is 0 Å². The Labute approximate surface area is 102 Å². The Morgan fingerprint density at radius 1 is 1.47 bits per heavy atom. The Bertz CT molecular complexity index is 534. The van der Waals surface area contributed by atoms with Crippen LogP contribution in [0.1, 0.15) is 0 Å². The number of nitro benzene ring substituents is 1. The van der Waals surface area contributed by atoms with Gasteiger partial charge in [-0.15, -0.1) is 11.6 Å². The first kappa shape index (κ1) is 13.7. The Hall–Kier alpha value is -1.41. The van der Waals surface area contributed by atoms with Gasteiger partial charge in [0.25, 0.3) is 5.69 Å². The summed E-state index contributed by atoms with van der Waals surface area (Å²) in [7, 11) is -3.81. The standard InChI is InChI=1S/C8H8ClFN2O4S/c9-3-4-17(15,16)11-7-5-6(10)1-2-8(7)12(13)14/h1-2,5,11H,3-4H2. The number of hydrogen-bond donors (Lipinski definition) is 1. The minimum absolute atomic E-state index is 0.168. The number of nitrogens with zero attached hydrogens (tertiary/aromatic N) is 1. The van der Waals surface area contributed by atoms with Gasteiger partial charge in [0.05, 0.1) is 10.7 Å². The van der Waals surface area contributed by atoms with E-state index in [4.69, 9.17) is 11.6 Å². The predicted molar refractivity (Wildman–Crippen MR) is 61.2 cm³/mol. The Kier molecular flexibility index (Phi) is 4.24. The number of nitro groups is 1. The van der Waals surface area contributed by atoms with E-state index in [-0.39, 0.29) is 5.88 Å². The molecule has 1 aromatic carbocycles. The maximum Gasteiger partial charge on any atom is 0.293 e. The van der Waals surface area contributed by atoms with Crippen molar-refractivity contribution in [2.45, 2.75) is 0 Å². The van der Waals surface area contributed by atoms with Crippen molar-refractivity contribution in [3.63, 3.8) is 0 Å². The van der Waals surface area contributed by atoms with Crippen molar-refractivity contribution >= 4 is 33.0 Å². The van der Waals surface area contributed by atoms with E-state index in [9.17, 15) is 22.9 Å². The number of rotatable bonds is 5. The number of anilines is 1. The third kappa shape index (κ3) is 3.82. The molecule has 0 saturated heterocycles. The van der Waals surface area contributed by atoms with E-state index < -0.39 is 37.9 Å². The first-order valence-electron chi connectivity index (χ1n) is 4.36. The average Bonchev–Trinajstić information content (AvgIpc) is 2.15. The topological polar surface area (TPSA) is 89.3 Å². The summed E-state index contributed by atoms with van der Waals surface area (Å²) < 4.78 is 37.5. The van der Waals surface area contributed by atoms with Gasteiger partial charge in [-0.25, -0.2) is 12.8 Å². The van der Waals surface area contributed by atoms with Crippen LogP contribution in [-0.2, 0) is 10.0 Å². The normalized spacial score (nSPS) is 11.2. The third-order valence-electron chi connectivity index (χ3n) is 1.77. The predicted octanol–water partition coefficient (Wildman–Crippen LogP) is 1.71. The summed E-state index contributed by atoms with van der Waals surface area (Å²) in [4.78, 5) is 9.79. The summed E-state index contributed by atoms with van der Waals surface area (Å²) in [5, 5.41) is 10.6. The molecule has 0 spiro atoms. The SMILES string of the molecule is O=[N+]([O-])c1ccc(F)cc1NS(=O)(=O)CCCl. The largest absolute Gasteiger partial charge is 0.293 e. The molecule has 0 amide bonds. The molecule has 1 N–H and O–H groups in total. The van der Waals surface area contributed by atoms with Crippen molar-refractivity contribution in [3.8, 4) is 0 Å². The monoisotopic (exact) mass is 282 g/mol. The van der Waals surface area contributed by atoms with Crippen LogP contribution in [0.15, 0.2) is 18.2 Å². The van der Waals surface area contributed by atoms with Gasteiger partial charge in [-0.3, -0.25) is 14.8 Å². The highest BCUT2D eigenvalue weighted by Crippen LogP contribution is 2.25. The van der Waals surface area contributed by atoms with Crippen LogP contribution >= 0.6 is 11.6 Å². The number of benzene rings is 1. The molecule has 17 heavy (non-hydrogen) atoms. The van der Waals surface area contributed by atoms with E-state index >= 15 is 0 Å². The fraction of sp³-hybridized carbons (Fsp3) is 0.250. The second kappa shape index (κ2) is 5.28. The molecule has 0 atom stereocenters. The van der Waals surface area contributed by atoms with Crippen LogP contribution in [-0.4, -0.2) is 25.0 Å². The summed E-state index contributed by atoms with van der Waals surface area (Å²) in [6.07, 6.45) is 0. The highest BCUT2D eigenvalue weighted by atomic mass is 35.5. The van der Waals surface area contributed by atoms with Crippen molar-refractivity contribution < 1.29 is 17.7 Å². The van der Waals surface area contributed by atoms with Gasteiger partial charge in [-0.05, 0) is 6.07 Å². The molecule has 0 aliphatic heterocycles. The lowest BCUT2D eigenvalue weighted by Gasteiger charge is -2.06. The fourth-order valence-electron chi connectivity index (χ4n) is 1.07. The van der Waals surface area contributed by atoms with E-state index in [1.54, 1.807) is 0 Å². The Balaban J connectivity index is 3.13. The molecule has 0 aromatic heterocycles. The smallest absolute Gasteiger partial charge is 0.277 e. The second-order valence-electron chi connectivity index (χ2n) is 3.03. The first-order valence-corrected chi connectivity index (χ1v) is 6.55. The molecule has 0 aliphatic carbocycles. The zero-order chi connectivity index (χ0) is 13.1. The van der Waals surface area contributed by atoms with Crippen molar-refractivity contribution in [2.24, 2.45) is 0 Å². The zero-order valence-corrected chi connectivity index (χ0v) is 9.96. The molecule has 0 bridgehead atoms. The number of nitrogens with one attached hydrogen (secondary N) is 1. The van der Waals surface area contributed by atoms with Crippen LogP contribution in [0.2, 0.25) is 0 Å². The molecule has 1 aromatic rings. The summed E-state index contributed by atoms with van der Waals surface area (Å²) in [5.41, 5.74) is -0.940. The molecular formula is C8H8ClFN2O4S. The number of hydrogen-bond acceptors (Lipinski definition) is 4. The minimum Gasteiger partial charge on any atom is -0.277 e. The van der Waals surface area contributed by atoms with Gasteiger partial charge < -0.3 is 0 Å². The second-order valence-corrected chi connectivity index (χ2v) is 5.25. The maximum atomic E-state index is 12.9. The lowest BCUT2D eigenvalue weighted by atomic mass is 10.3.